The van der Waals surface area contributed by atoms with Crippen LogP contribution in [0.2, 0.25) is 0 Å². The molecule has 0 saturated carbocycles. The third kappa shape index (κ3) is 2.81. The highest BCUT2D eigenvalue weighted by Crippen LogP contribution is 2.17. The zero-order chi connectivity index (χ0) is 14.8. The molecule has 1 aromatic heterocycles. The second-order valence-corrected chi connectivity index (χ2v) is 4.93. The first-order valence-corrected chi connectivity index (χ1v) is 6.71. The second kappa shape index (κ2) is 5.43. The lowest BCUT2D eigenvalue weighted by Crippen LogP contribution is -2.48. The number of rotatable bonds is 2. The summed E-state index contributed by atoms with van der Waals surface area (Å²) >= 11 is 0. The number of hydrogen-bond donors (Lipinski definition) is 2. The van der Waals surface area contributed by atoms with Gasteiger partial charge in [0, 0.05) is 37.9 Å². The lowest BCUT2D eigenvalue weighted by molar-refractivity contribution is 0.0741. The average molecular weight is 290 g/mol. The van der Waals surface area contributed by atoms with Crippen molar-refractivity contribution in [1.82, 2.24) is 15.1 Å². The van der Waals surface area contributed by atoms with Gasteiger partial charge in [-0.15, -0.1) is 0 Å². The van der Waals surface area contributed by atoms with Crippen molar-refractivity contribution in [3.63, 3.8) is 0 Å². The number of aromatic nitrogens is 2. The van der Waals surface area contributed by atoms with E-state index in [1.54, 1.807) is 17.0 Å². The van der Waals surface area contributed by atoms with Crippen LogP contribution in [0.25, 0.3) is 0 Å². The van der Waals surface area contributed by atoms with Gasteiger partial charge in [-0.2, -0.15) is 0 Å². The molecule has 0 radical (unpaired) electrons. The summed E-state index contributed by atoms with van der Waals surface area (Å²) in [5.41, 5.74) is 0.900. The highest BCUT2D eigenvalue weighted by Gasteiger charge is 2.23. The van der Waals surface area contributed by atoms with Crippen molar-refractivity contribution in [2.75, 3.05) is 31.1 Å². The lowest BCUT2D eigenvalue weighted by atomic mass is 10.2. The molecule has 0 spiro atoms. The molecule has 0 aliphatic carbocycles. The van der Waals surface area contributed by atoms with Gasteiger partial charge in [-0.25, -0.2) is 4.39 Å². The maximum absolute atomic E-state index is 12.9. The van der Waals surface area contributed by atoms with Crippen LogP contribution in [0, 0.1) is 5.82 Å². The van der Waals surface area contributed by atoms with E-state index >= 15 is 0 Å². The third-order valence-corrected chi connectivity index (χ3v) is 3.58. The van der Waals surface area contributed by atoms with Crippen LogP contribution in [0.1, 0.15) is 10.5 Å². The fourth-order valence-electron chi connectivity index (χ4n) is 2.44. The maximum Gasteiger partial charge on any atom is 0.272 e. The Labute approximate surface area is 120 Å². The molecule has 1 aromatic carbocycles. The van der Waals surface area contributed by atoms with Crippen molar-refractivity contribution in [2.45, 2.75) is 0 Å². The van der Waals surface area contributed by atoms with Crippen LogP contribution in [-0.2, 0) is 0 Å². The lowest BCUT2D eigenvalue weighted by Gasteiger charge is -2.35. The molecule has 0 unspecified atom stereocenters. The molecule has 2 aromatic rings. The molecular weight excluding hydrogens is 275 g/mol. The van der Waals surface area contributed by atoms with Crippen molar-refractivity contribution in [3.05, 3.63) is 52.2 Å². The van der Waals surface area contributed by atoms with Crippen LogP contribution in [0.15, 0.2) is 35.1 Å². The van der Waals surface area contributed by atoms with Gasteiger partial charge in [0.05, 0.1) is 0 Å². The Bertz CT molecular complexity index is 683. The number of carbonyl (C=O) groups excluding carboxylic acids is 1. The number of nitrogens with one attached hydrogen (secondary N) is 2. The first-order chi connectivity index (χ1) is 10.1. The number of benzene rings is 1. The largest absolute Gasteiger partial charge is 0.368 e. The molecule has 1 saturated heterocycles. The molecule has 21 heavy (non-hydrogen) atoms. The number of halogens is 1. The third-order valence-electron chi connectivity index (χ3n) is 3.58. The first-order valence-electron chi connectivity index (χ1n) is 6.71. The molecule has 2 N–H and O–H groups in total. The summed E-state index contributed by atoms with van der Waals surface area (Å²) in [6.45, 7) is 2.46. The van der Waals surface area contributed by atoms with E-state index in [-0.39, 0.29) is 23.0 Å². The number of aromatic amines is 2. The highest BCUT2D eigenvalue weighted by atomic mass is 19.1. The standard InChI is InChI=1S/C14H15FN4O2/c15-10-1-3-11(4-2-10)18-5-7-19(8-6-18)14(21)12-9-13(20)17-16-12/h1-4,9H,5-8H2,(H2,16,17,20). The van der Waals surface area contributed by atoms with E-state index in [1.807, 2.05) is 0 Å². The number of amides is 1. The van der Waals surface area contributed by atoms with Crippen molar-refractivity contribution < 1.29 is 9.18 Å². The van der Waals surface area contributed by atoms with Gasteiger partial charge in [-0.1, -0.05) is 0 Å². The van der Waals surface area contributed by atoms with Gasteiger partial charge in [-0.05, 0) is 24.3 Å². The summed E-state index contributed by atoms with van der Waals surface area (Å²) in [5, 5.41) is 4.92. The summed E-state index contributed by atoms with van der Waals surface area (Å²) in [7, 11) is 0. The van der Waals surface area contributed by atoms with Crippen LogP contribution in [-0.4, -0.2) is 47.2 Å². The minimum absolute atomic E-state index is 0.188. The molecule has 0 atom stereocenters. The van der Waals surface area contributed by atoms with Crippen molar-refractivity contribution >= 4 is 11.6 Å². The van der Waals surface area contributed by atoms with Crippen LogP contribution in [0.4, 0.5) is 10.1 Å². The molecule has 3 rings (SSSR count). The zero-order valence-corrected chi connectivity index (χ0v) is 11.3. The molecule has 1 aliphatic heterocycles. The van der Waals surface area contributed by atoms with E-state index in [1.165, 1.54) is 18.2 Å². The SMILES string of the molecule is O=C(c1cc(=O)[nH][nH]1)N1CCN(c2ccc(F)cc2)CC1. The number of piperazine rings is 1. The van der Waals surface area contributed by atoms with Gasteiger partial charge < -0.3 is 9.80 Å². The number of anilines is 1. The monoisotopic (exact) mass is 290 g/mol. The quantitative estimate of drug-likeness (QED) is 0.859. The average Bonchev–Trinajstić information content (AvgIpc) is 2.94. The van der Waals surface area contributed by atoms with Gasteiger partial charge in [0.2, 0.25) is 0 Å². The van der Waals surface area contributed by atoms with Crippen molar-refractivity contribution in [3.8, 4) is 0 Å². The predicted octanol–water partition coefficient (Wildman–Crippen LogP) is 0.804. The highest BCUT2D eigenvalue weighted by molar-refractivity contribution is 5.92. The molecule has 1 amide bonds. The molecule has 6 nitrogen and oxygen atoms in total. The minimum Gasteiger partial charge on any atom is -0.368 e. The normalized spacial score (nSPS) is 15.3. The fourth-order valence-corrected chi connectivity index (χ4v) is 2.44. The van der Waals surface area contributed by atoms with Crippen molar-refractivity contribution in [2.24, 2.45) is 0 Å². The Morgan fingerprint density at radius 2 is 1.71 bits per heavy atom. The molecule has 1 fully saturated rings. The summed E-state index contributed by atoms with van der Waals surface area (Å²) in [4.78, 5) is 27.0. The van der Waals surface area contributed by atoms with E-state index in [0.717, 1.165) is 5.69 Å². The van der Waals surface area contributed by atoms with Gasteiger partial charge in [0.1, 0.15) is 11.5 Å². The van der Waals surface area contributed by atoms with Gasteiger partial charge >= 0.3 is 0 Å². The van der Waals surface area contributed by atoms with Crippen LogP contribution < -0.4 is 10.5 Å². The van der Waals surface area contributed by atoms with Gasteiger partial charge in [0.25, 0.3) is 11.5 Å². The van der Waals surface area contributed by atoms with Crippen molar-refractivity contribution in [1.29, 1.82) is 0 Å². The molecular formula is C14H15FN4O2. The number of carbonyl (C=O) groups is 1. The molecule has 2 heterocycles. The van der Waals surface area contributed by atoms with E-state index in [0.29, 0.717) is 26.2 Å². The van der Waals surface area contributed by atoms with E-state index in [2.05, 4.69) is 15.1 Å². The summed E-state index contributed by atoms with van der Waals surface area (Å²) in [5.74, 6) is -0.448. The van der Waals surface area contributed by atoms with Crippen LogP contribution in [0.5, 0.6) is 0 Å². The Morgan fingerprint density at radius 1 is 1.05 bits per heavy atom. The maximum atomic E-state index is 12.9. The van der Waals surface area contributed by atoms with Gasteiger partial charge in [-0.3, -0.25) is 19.8 Å². The number of nitrogens with zero attached hydrogens (tertiary/aromatic N) is 2. The van der Waals surface area contributed by atoms with Gasteiger partial charge in [0.15, 0.2) is 0 Å². The van der Waals surface area contributed by atoms with E-state index in [9.17, 15) is 14.0 Å². The van der Waals surface area contributed by atoms with Crippen LogP contribution in [0.3, 0.4) is 0 Å². The smallest absolute Gasteiger partial charge is 0.272 e. The first kappa shape index (κ1) is 13.4. The molecule has 110 valence electrons. The summed E-state index contributed by atoms with van der Waals surface area (Å²) in [6.07, 6.45) is 0. The Kier molecular flexibility index (Phi) is 3.47. The van der Waals surface area contributed by atoms with Crippen LogP contribution >= 0.6 is 0 Å². The topological polar surface area (TPSA) is 72.2 Å². The summed E-state index contributed by atoms with van der Waals surface area (Å²) in [6, 6.07) is 7.58. The zero-order valence-electron chi connectivity index (χ0n) is 11.3. The summed E-state index contributed by atoms with van der Waals surface area (Å²) < 4.78 is 12.9. The van der Waals surface area contributed by atoms with E-state index < -0.39 is 0 Å². The number of hydrogen-bond acceptors (Lipinski definition) is 3. The fraction of sp³-hybridized carbons (Fsp3) is 0.286. The Morgan fingerprint density at radius 3 is 2.29 bits per heavy atom. The minimum atomic E-state index is -0.316. The molecule has 7 heteroatoms. The second-order valence-electron chi connectivity index (χ2n) is 4.93. The predicted molar refractivity (Wildman–Crippen MR) is 75.9 cm³/mol. The van der Waals surface area contributed by atoms with E-state index in [4.69, 9.17) is 0 Å². The molecule has 1 aliphatic rings. The number of H-pyrrole nitrogens is 2. The Balaban J connectivity index is 1.63. The molecule has 0 bridgehead atoms. The Hall–Kier alpha value is -2.57.